The Balaban J connectivity index is 2.41. The predicted molar refractivity (Wildman–Crippen MR) is 116 cm³/mol. The van der Waals surface area contributed by atoms with Gasteiger partial charge in [-0.05, 0) is 0 Å². The number of hydrogen-bond acceptors (Lipinski definition) is 2. The third-order valence-electron chi connectivity index (χ3n) is 4.50. The van der Waals surface area contributed by atoms with Gasteiger partial charge in [-0.3, -0.25) is 0 Å². The third kappa shape index (κ3) is 2.90. The zero-order chi connectivity index (χ0) is 18.5. The maximum atomic E-state index is 13.7. The standard InChI is InChI=1S/C22H22BrO2P/c1-2-18-25-22(24)26(23,19-12-6-3-7-13-19,20-14-8-4-9-15-20)21-16-10-5-11-17-21/h3-17H,2,18H2,1H3. The van der Waals surface area contributed by atoms with Crippen molar-refractivity contribution in [1.29, 1.82) is 0 Å². The van der Waals surface area contributed by atoms with E-state index in [2.05, 4.69) is 15.5 Å². The van der Waals surface area contributed by atoms with E-state index in [0.29, 0.717) is 6.61 Å². The van der Waals surface area contributed by atoms with Crippen molar-refractivity contribution in [2.75, 3.05) is 6.61 Å². The molecule has 0 fully saturated rings. The van der Waals surface area contributed by atoms with Gasteiger partial charge in [-0.1, -0.05) is 0 Å². The number of benzene rings is 3. The van der Waals surface area contributed by atoms with Crippen LogP contribution < -0.4 is 15.9 Å². The van der Waals surface area contributed by atoms with E-state index in [1.54, 1.807) is 0 Å². The number of rotatable bonds is 6. The summed E-state index contributed by atoms with van der Waals surface area (Å²) in [6.45, 7) is 2.40. The number of carbonyl (C=O) groups is 1. The van der Waals surface area contributed by atoms with Gasteiger partial charge in [-0.15, -0.1) is 0 Å². The van der Waals surface area contributed by atoms with Gasteiger partial charge in [0.15, 0.2) is 0 Å². The molecule has 0 aliphatic heterocycles. The van der Waals surface area contributed by atoms with Crippen LogP contribution in [0.25, 0.3) is 0 Å². The first kappa shape index (κ1) is 18.8. The Morgan fingerprint density at radius 3 is 1.42 bits per heavy atom. The Bertz CT molecular complexity index is 767. The van der Waals surface area contributed by atoms with E-state index in [9.17, 15) is 4.79 Å². The summed E-state index contributed by atoms with van der Waals surface area (Å²) in [5.74, 6) is 0. The first-order chi connectivity index (χ1) is 12.6. The van der Waals surface area contributed by atoms with Crippen LogP contribution in [0.2, 0.25) is 0 Å². The maximum absolute atomic E-state index is 13.7. The molecule has 0 saturated heterocycles. The second-order valence-electron chi connectivity index (χ2n) is 6.13. The van der Waals surface area contributed by atoms with Crippen LogP contribution in [0.5, 0.6) is 0 Å². The SMILES string of the molecule is CCCOC(=O)P(Br)(c1ccccc1)(c1ccccc1)c1ccccc1. The fourth-order valence-corrected chi connectivity index (χ4v) is 9.69. The summed E-state index contributed by atoms with van der Waals surface area (Å²) >= 11 is 4.07. The second-order valence-corrected chi connectivity index (χ2v) is 14.3. The van der Waals surface area contributed by atoms with Crippen LogP contribution in [-0.2, 0) is 4.74 Å². The van der Waals surface area contributed by atoms with Gasteiger partial charge in [0, 0.05) is 0 Å². The fraction of sp³-hybridized carbons (Fsp3) is 0.136. The average Bonchev–Trinajstić information content (AvgIpc) is 2.73. The minimum atomic E-state index is -3.63. The number of halogens is 1. The normalized spacial score (nSPS) is 12.8. The van der Waals surface area contributed by atoms with Gasteiger partial charge in [0.05, 0.1) is 0 Å². The molecule has 0 aliphatic carbocycles. The monoisotopic (exact) mass is 428 g/mol. The molecule has 26 heavy (non-hydrogen) atoms. The molecule has 134 valence electrons. The van der Waals surface area contributed by atoms with Gasteiger partial charge in [0.25, 0.3) is 0 Å². The Kier molecular flexibility index (Phi) is 5.60. The van der Waals surface area contributed by atoms with E-state index in [1.165, 1.54) is 0 Å². The summed E-state index contributed by atoms with van der Waals surface area (Å²) in [6.07, 6.45) is 0.781. The molecular formula is C22H22BrO2P. The van der Waals surface area contributed by atoms with Crippen molar-refractivity contribution < 1.29 is 9.53 Å². The minimum absolute atomic E-state index is 0.207. The van der Waals surface area contributed by atoms with Crippen LogP contribution in [-0.4, -0.2) is 12.3 Å². The molecule has 0 bridgehead atoms. The Morgan fingerprint density at radius 1 is 0.769 bits per heavy atom. The molecule has 0 amide bonds. The van der Waals surface area contributed by atoms with Crippen molar-refractivity contribution in [2.45, 2.75) is 13.3 Å². The summed E-state index contributed by atoms with van der Waals surface area (Å²) in [6, 6.07) is 29.8. The Labute approximate surface area is 162 Å². The van der Waals surface area contributed by atoms with Gasteiger partial charge in [-0.25, -0.2) is 0 Å². The molecule has 4 heteroatoms. The van der Waals surface area contributed by atoms with Crippen molar-refractivity contribution in [3.8, 4) is 0 Å². The van der Waals surface area contributed by atoms with Crippen molar-refractivity contribution in [2.24, 2.45) is 0 Å². The van der Waals surface area contributed by atoms with E-state index in [1.807, 2.05) is 97.9 Å². The van der Waals surface area contributed by atoms with E-state index in [0.717, 1.165) is 22.3 Å². The molecule has 3 aromatic carbocycles. The summed E-state index contributed by atoms with van der Waals surface area (Å²) in [5.41, 5.74) is -0.207. The summed E-state index contributed by atoms with van der Waals surface area (Å²) in [7, 11) is 0. The molecule has 0 aromatic heterocycles. The molecule has 0 heterocycles. The molecule has 0 spiro atoms. The molecule has 3 aromatic rings. The predicted octanol–water partition coefficient (Wildman–Crippen LogP) is 5.37. The van der Waals surface area contributed by atoms with Crippen molar-refractivity contribution in [3.05, 3.63) is 91.0 Å². The van der Waals surface area contributed by atoms with E-state index < -0.39 is 5.31 Å². The Hall–Kier alpha value is -1.96. The summed E-state index contributed by atoms with van der Waals surface area (Å²) in [5, 5.41) is -0.803. The van der Waals surface area contributed by atoms with Crippen molar-refractivity contribution >= 4 is 42.4 Å². The zero-order valence-corrected chi connectivity index (χ0v) is 17.2. The van der Waals surface area contributed by atoms with Crippen LogP contribution in [0.4, 0.5) is 4.79 Å². The summed E-state index contributed by atoms with van der Waals surface area (Å²) < 4.78 is 5.80. The molecule has 0 radical (unpaired) electrons. The number of hydrogen-bond donors (Lipinski definition) is 0. The fourth-order valence-electron chi connectivity index (χ4n) is 3.20. The molecule has 2 nitrogen and oxygen atoms in total. The molecule has 0 saturated carbocycles. The molecular weight excluding hydrogens is 407 g/mol. The first-order valence-corrected chi connectivity index (χ1v) is 13.0. The van der Waals surface area contributed by atoms with Crippen LogP contribution in [0.1, 0.15) is 13.3 Å². The molecule has 0 aliphatic rings. The van der Waals surface area contributed by atoms with Gasteiger partial charge >= 0.3 is 163 Å². The van der Waals surface area contributed by atoms with Crippen molar-refractivity contribution in [1.82, 2.24) is 0 Å². The van der Waals surface area contributed by atoms with Crippen LogP contribution in [0, 0.1) is 0 Å². The van der Waals surface area contributed by atoms with Gasteiger partial charge < -0.3 is 0 Å². The molecule has 0 unspecified atom stereocenters. The number of carbonyl (C=O) groups excluding carboxylic acids is 1. The number of ether oxygens (including phenoxy) is 1. The second kappa shape index (κ2) is 7.73. The van der Waals surface area contributed by atoms with E-state index in [4.69, 9.17) is 4.74 Å². The van der Waals surface area contributed by atoms with Crippen LogP contribution >= 0.6 is 20.8 Å². The van der Waals surface area contributed by atoms with Crippen LogP contribution in [0.15, 0.2) is 91.0 Å². The Morgan fingerprint density at radius 2 is 1.12 bits per heavy atom. The molecule has 3 rings (SSSR count). The van der Waals surface area contributed by atoms with Gasteiger partial charge in [-0.2, -0.15) is 0 Å². The summed E-state index contributed by atoms with van der Waals surface area (Å²) in [4.78, 5) is 13.7. The first-order valence-electron chi connectivity index (χ1n) is 8.70. The zero-order valence-electron chi connectivity index (χ0n) is 14.7. The van der Waals surface area contributed by atoms with E-state index in [-0.39, 0.29) is 5.71 Å². The van der Waals surface area contributed by atoms with Gasteiger partial charge in [0.2, 0.25) is 0 Å². The molecule has 0 N–H and O–H groups in total. The third-order valence-corrected chi connectivity index (χ3v) is 13.7. The average molecular weight is 429 g/mol. The quantitative estimate of drug-likeness (QED) is 0.493. The van der Waals surface area contributed by atoms with E-state index >= 15 is 0 Å². The van der Waals surface area contributed by atoms with Crippen LogP contribution in [0.3, 0.4) is 0 Å². The van der Waals surface area contributed by atoms with Crippen molar-refractivity contribution in [3.63, 3.8) is 0 Å². The topological polar surface area (TPSA) is 26.3 Å². The molecule has 0 atom stereocenters. The van der Waals surface area contributed by atoms with Gasteiger partial charge in [0.1, 0.15) is 0 Å².